The van der Waals surface area contributed by atoms with Gasteiger partial charge in [0.25, 0.3) is 0 Å². The minimum Gasteiger partial charge on any atom is -0.292 e. The molecule has 0 saturated heterocycles. The average Bonchev–Trinajstić information content (AvgIpc) is 2.79. The summed E-state index contributed by atoms with van der Waals surface area (Å²) >= 11 is 0. The van der Waals surface area contributed by atoms with Gasteiger partial charge in [-0.2, -0.15) is 0 Å². The van der Waals surface area contributed by atoms with Crippen LogP contribution in [-0.2, 0) is 22.3 Å². The maximum absolute atomic E-state index is 12.4. The molecule has 4 rings (SSSR count). The first-order chi connectivity index (χ1) is 16.1. The van der Waals surface area contributed by atoms with Crippen LogP contribution in [0, 0.1) is 0 Å². The summed E-state index contributed by atoms with van der Waals surface area (Å²) in [7, 11) is 0. The Morgan fingerprint density at radius 3 is 1.21 bits per heavy atom. The van der Waals surface area contributed by atoms with Crippen LogP contribution in [0.25, 0.3) is 32.3 Å². The molecule has 0 bridgehead atoms. The minimum atomic E-state index is -4.67. The lowest BCUT2D eigenvalue weighted by Crippen LogP contribution is -2.14. The number of ether oxygens (including phenoxy) is 2. The van der Waals surface area contributed by atoms with E-state index in [1.54, 1.807) is 0 Å². The fourth-order valence-corrected chi connectivity index (χ4v) is 4.49. The van der Waals surface area contributed by atoms with E-state index in [0.717, 1.165) is 43.4 Å². The molecule has 4 aromatic rings. The van der Waals surface area contributed by atoms with Gasteiger partial charge < -0.3 is 0 Å². The maximum atomic E-state index is 12.4. The van der Waals surface area contributed by atoms with Gasteiger partial charge in [-0.05, 0) is 69.1 Å². The molecule has 34 heavy (non-hydrogen) atoms. The van der Waals surface area contributed by atoms with Crippen molar-refractivity contribution in [1.82, 2.24) is 0 Å². The van der Waals surface area contributed by atoms with Crippen LogP contribution >= 0.6 is 0 Å². The standard InChI is InChI=1S/C26H22F6O2/c27-25(28,29)33-15-5-7-17-13-14-18(8-6-16-34-26(30,31)32)24-22-12-4-2-10-20(22)19-9-1-3-11-21(19)23(17)24/h1-4,9-14H,5-8,15-16H2. The summed E-state index contributed by atoms with van der Waals surface area (Å²) < 4.78 is 82.2. The van der Waals surface area contributed by atoms with Gasteiger partial charge in [0.15, 0.2) is 0 Å². The molecule has 180 valence electrons. The summed E-state index contributed by atoms with van der Waals surface area (Å²) in [6, 6.07) is 19.3. The summed E-state index contributed by atoms with van der Waals surface area (Å²) in [5.74, 6) is 0. The van der Waals surface area contributed by atoms with Crippen LogP contribution in [0.4, 0.5) is 26.3 Å². The van der Waals surface area contributed by atoms with Crippen molar-refractivity contribution in [2.24, 2.45) is 0 Å². The third-order valence-electron chi connectivity index (χ3n) is 5.77. The van der Waals surface area contributed by atoms with Gasteiger partial charge in [-0.15, -0.1) is 26.3 Å². The number of hydrogen-bond donors (Lipinski definition) is 0. The largest absolute Gasteiger partial charge is 0.522 e. The van der Waals surface area contributed by atoms with Crippen LogP contribution < -0.4 is 0 Å². The summed E-state index contributed by atoms with van der Waals surface area (Å²) in [6.45, 7) is -0.903. The van der Waals surface area contributed by atoms with Crippen molar-refractivity contribution in [2.75, 3.05) is 13.2 Å². The normalized spacial score (nSPS) is 12.8. The van der Waals surface area contributed by atoms with Crippen molar-refractivity contribution in [3.63, 3.8) is 0 Å². The second-order valence-corrected chi connectivity index (χ2v) is 8.02. The molecule has 0 saturated carbocycles. The SMILES string of the molecule is FC(F)(F)OCCCc1ccc(CCCOC(F)(F)F)c2c3ccccc3c3ccccc3c12. The van der Waals surface area contributed by atoms with Crippen LogP contribution in [0.2, 0.25) is 0 Å². The van der Waals surface area contributed by atoms with Crippen LogP contribution in [0.3, 0.4) is 0 Å². The zero-order chi connectivity index (χ0) is 24.3. The molecular weight excluding hydrogens is 458 g/mol. The molecule has 0 radical (unpaired) electrons. The Labute approximate surface area is 192 Å². The van der Waals surface area contributed by atoms with Crippen LogP contribution in [0.5, 0.6) is 0 Å². The van der Waals surface area contributed by atoms with Crippen molar-refractivity contribution < 1.29 is 35.8 Å². The Morgan fingerprint density at radius 2 is 0.853 bits per heavy atom. The predicted octanol–water partition coefficient (Wildman–Crippen LogP) is 8.08. The average molecular weight is 480 g/mol. The van der Waals surface area contributed by atoms with Crippen molar-refractivity contribution in [3.05, 3.63) is 71.8 Å². The molecule has 0 aliphatic rings. The lowest BCUT2D eigenvalue weighted by atomic mass is 9.87. The Bertz CT molecular complexity index is 1190. The first-order valence-electron chi connectivity index (χ1n) is 10.9. The zero-order valence-corrected chi connectivity index (χ0v) is 18.1. The van der Waals surface area contributed by atoms with Gasteiger partial charge in [-0.25, -0.2) is 0 Å². The van der Waals surface area contributed by atoms with Gasteiger partial charge in [-0.3, -0.25) is 9.47 Å². The van der Waals surface area contributed by atoms with Crippen molar-refractivity contribution in [1.29, 1.82) is 0 Å². The molecule has 0 aliphatic carbocycles. The van der Waals surface area contributed by atoms with Crippen molar-refractivity contribution in [3.8, 4) is 0 Å². The molecule has 8 heteroatoms. The van der Waals surface area contributed by atoms with Gasteiger partial charge in [0.1, 0.15) is 0 Å². The van der Waals surface area contributed by atoms with Gasteiger partial charge in [0.05, 0.1) is 13.2 Å². The molecule has 0 aliphatic heterocycles. The Kier molecular flexibility index (Phi) is 7.00. The summed E-state index contributed by atoms with van der Waals surface area (Å²) in [5, 5.41) is 5.76. The van der Waals surface area contributed by atoms with E-state index in [-0.39, 0.29) is 12.8 Å². The second kappa shape index (κ2) is 9.80. The molecule has 0 N–H and O–H groups in total. The fraction of sp³-hybridized carbons (Fsp3) is 0.308. The van der Waals surface area contributed by atoms with Crippen LogP contribution in [0.1, 0.15) is 24.0 Å². The third-order valence-corrected chi connectivity index (χ3v) is 5.77. The van der Waals surface area contributed by atoms with Crippen LogP contribution in [0.15, 0.2) is 60.7 Å². The highest BCUT2D eigenvalue weighted by molar-refractivity contribution is 6.26. The van der Waals surface area contributed by atoms with E-state index in [4.69, 9.17) is 0 Å². The number of rotatable bonds is 8. The molecular formula is C26H22F6O2. The monoisotopic (exact) mass is 480 g/mol. The first kappa shape index (κ1) is 24.3. The Morgan fingerprint density at radius 1 is 0.500 bits per heavy atom. The number of benzene rings is 4. The van der Waals surface area contributed by atoms with E-state index in [1.165, 1.54) is 0 Å². The molecule has 0 fully saturated rings. The minimum absolute atomic E-state index is 0.175. The van der Waals surface area contributed by atoms with E-state index in [9.17, 15) is 26.3 Å². The van der Waals surface area contributed by atoms with E-state index < -0.39 is 25.9 Å². The van der Waals surface area contributed by atoms with Crippen molar-refractivity contribution >= 4 is 32.3 Å². The molecule has 4 aromatic carbocycles. The van der Waals surface area contributed by atoms with Crippen LogP contribution in [-0.4, -0.2) is 25.9 Å². The quantitative estimate of drug-likeness (QED) is 0.144. The number of alkyl halides is 6. The predicted molar refractivity (Wildman–Crippen MR) is 120 cm³/mol. The molecule has 0 aromatic heterocycles. The van der Waals surface area contributed by atoms with E-state index in [2.05, 4.69) is 9.47 Å². The Balaban J connectivity index is 1.79. The molecule has 0 heterocycles. The number of aryl methyl sites for hydroxylation is 2. The lowest BCUT2D eigenvalue weighted by Gasteiger charge is -2.18. The lowest BCUT2D eigenvalue weighted by molar-refractivity contribution is -0.325. The summed E-state index contributed by atoms with van der Waals surface area (Å²) in [4.78, 5) is 0. The van der Waals surface area contributed by atoms with Gasteiger partial charge >= 0.3 is 12.7 Å². The maximum Gasteiger partial charge on any atom is 0.522 e. The molecule has 0 spiro atoms. The van der Waals surface area contributed by atoms with Gasteiger partial charge in [0, 0.05) is 0 Å². The summed E-state index contributed by atoms with van der Waals surface area (Å²) in [6.07, 6.45) is -8.26. The molecule has 0 unspecified atom stereocenters. The third kappa shape index (κ3) is 5.62. The molecule has 0 atom stereocenters. The highest BCUT2D eigenvalue weighted by Crippen LogP contribution is 2.39. The zero-order valence-electron chi connectivity index (χ0n) is 18.1. The van der Waals surface area contributed by atoms with E-state index in [1.807, 2.05) is 60.7 Å². The number of hydrogen-bond acceptors (Lipinski definition) is 2. The number of fused-ring (bicyclic) bond motifs is 6. The fourth-order valence-electron chi connectivity index (χ4n) is 4.49. The van der Waals surface area contributed by atoms with Gasteiger partial charge in [0.2, 0.25) is 0 Å². The second-order valence-electron chi connectivity index (χ2n) is 8.02. The molecule has 0 amide bonds. The Hall–Kier alpha value is -2.84. The van der Waals surface area contributed by atoms with Crippen molar-refractivity contribution in [2.45, 2.75) is 38.4 Å². The summed E-state index contributed by atoms with van der Waals surface area (Å²) in [5.41, 5.74) is 1.75. The van der Waals surface area contributed by atoms with Gasteiger partial charge in [-0.1, -0.05) is 60.7 Å². The van der Waals surface area contributed by atoms with E-state index in [0.29, 0.717) is 12.8 Å². The number of halogens is 6. The van der Waals surface area contributed by atoms with E-state index >= 15 is 0 Å². The topological polar surface area (TPSA) is 18.5 Å². The smallest absolute Gasteiger partial charge is 0.292 e. The highest BCUT2D eigenvalue weighted by Gasteiger charge is 2.29. The molecule has 2 nitrogen and oxygen atoms in total. The first-order valence-corrected chi connectivity index (χ1v) is 10.9. The highest BCUT2D eigenvalue weighted by atomic mass is 19.4.